The Morgan fingerprint density at radius 2 is 0.969 bits per heavy atom. The molecule has 0 unspecified atom stereocenters. The van der Waals surface area contributed by atoms with Crippen LogP contribution in [-0.2, 0) is 19.3 Å². The third kappa shape index (κ3) is 6.45. The number of carbonyl (C=O) groups is 2. The number of guanidine groups is 4. The van der Waals surface area contributed by atoms with Gasteiger partial charge in [-0.25, -0.2) is 9.59 Å². The molecule has 0 spiro atoms. The van der Waals surface area contributed by atoms with Crippen LogP contribution in [0.25, 0.3) is 0 Å². The number of nitrogens with one attached hydrogen (secondary N) is 2. The molecule has 14 heteroatoms. The van der Waals surface area contributed by atoms with Crippen LogP contribution in [0.4, 0.5) is 11.4 Å². The topological polar surface area (TPSA) is 236 Å². The van der Waals surface area contributed by atoms with Crippen molar-refractivity contribution in [3.63, 3.8) is 0 Å². The highest BCUT2D eigenvalue weighted by Gasteiger charge is 2.29. The fourth-order valence-electron chi connectivity index (χ4n) is 2.14. The number of nitrogens with zero attached hydrogens (tertiary/aromatic N) is 4. The average Bonchev–Trinajstić information content (AvgIpc) is 2.75. The first-order chi connectivity index (χ1) is 15.2. The summed E-state index contributed by atoms with van der Waals surface area (Å²) in [6.07, 6.45) is 0. The summed E-state index contributed by atoms with van der Waals surface area (Å²) in [6.45, 7) is 0. The van der Waals surface area contributed by atoms with Gasteiger partial charge in [0, 0.05) is 0 Å². The Labute approximate surface area is 181 Å². The molecule has 0 radical (unpaired) electrons. The fourth-order valence-corrected chi connectivity index (χ4v) is 2.14. The molecule has 32 heavy (non-hydrogen) atoms. The standard InChI is InChI=1S/C18H20N10O4/c19-15(20)25-17(23)27(11-7-3-1-4-8-11)31-13(29)14(30)32-28(18(24)26-16(21)22)12-9-5-2-6-10-12/h1-10H,(H5,19,20,23,25)(H5,21,22,24,26). The molecule has 0 amide bonds. The van der Waals surface area contributed by atoms with E-state index in [4.69, 9.17) is 43.4 Å². The molecule has 0 fully saturated rings. The van der Waals surface area contributed by atoms with E-state index in [2.05, 4.69) is 9.98 Å². The van der Waals surface area contributed by atoms with Crippen LogP contribution in [-0.4, -0.2) is 35.8 Å². The van der Waals surface area contributed by atoms with Gasteiger partial charge in [-0.1, -0.05) is 36.4 Å². The Balaban J connectivity index is 2.26. The number of hydrogen-bond donors (Lipinski definition) is 6. The highest BCUT2D eigenvalue weighted by Crippen LogP contribution is 2.17. The maximum absolute atomic E-state index is 12.4. The third-order valence-corrected chi connectivity index (χ3v) is 3.35. The van der Waals surface area contributed by atoms with Gasteiger partial charge in [0.05, 0.1) is 11.4 Å². The third-order valence-electron chi connectivity index (χ3n) is 3.35. The number of anilines is 2. The van der Waals surface area contributed by atoms with Crippen molar-refractivity contribution in [1.82, 2.24) is 0 Å². The van der Waals surface area contributed by atoms with Gasteiger partial charge < -0.3 is 32.6 Å². The minimum absolute atomic E-state index is 0.164. The Kier molecular flexibility index (Phi) is 7.65. The summed E-state index contributed by atoms with van der Waals surface area (Å²) >= 11 is 0. The van der Waals surface area contributed by atoms with E-state index in [1.54, 1.807) is 36.4 Å². The highest BCUT2D eigenvalue weighted by atomic mass is 16.8. The first-order valence-corrected chi connectivity index (χ1v) is 8.70. The summed E-state index contributed by atoms with van der Waals surface area (Å²) in [5.74, 6) is -5.44. The summed E-state index contributed by atoms with van der Waals surface area (Å²) in [5, 5.41) is 17.1. The van der Waals surface area contributed by atoms with Crippen LogP contribution in [0.2, 0.25) is 0 Å². The van der Waals surface area contributed by atoms with Crippen molar-refractivity contribution in [3.05, 3.63) is 60.7 Å². The van der Waals surface area contributed by atoms with Crippen molar-refractivity contribution in [2.24, 2.45) is 32.9 Å². The van der Waals surface area contributed by atoms with Gasteiger partial charge in [-0.05, 0) is 24.3 Å². The van der Waals surface area contributed by atoms with Crippen LogP contribution in [0.3, 0.4) is 0 Å². The van der Waals surface area contributed by atoms with Crippen molar-refractivity contribution in [2.75, 3.05) is 10.1 Å². The number of rotatable bonds is 2. The molecule has 0 bridgehead atoms. The number of nitrogens with two attached hydrogens (primary N) is 4. The van der Waals surface area contributed by atoms with Gasteiger partial charge in [-0.2, -0.15) is 9.98 Å². The van der Waals surface area contributed by atoms with E-state index in [9.17, 15) is 9.59 Å². The van der Waals surface area contributed by atoms with Crippen molar-refractivity contribution in [1.29, 1.82) is 10.8 Å². The van der Waals surface area contributed by atoms with Crippen molar-refractivity contribution in [2.45, 2.75) is 0 Å². The molecule has 0 aliphatic carbocycles. The Morgan fingerprint density at radius 1 is 0.656 bits per heavy atom. The van der Waals surface area contributed by atoms with Crippen molar-refractivity contribution >= 4 is 47.2 Å². The van der Waals surface area contributed by atoms with E-state index in [1.807, 2.05) is 0 Å². The normalized spacial score (nSPS) is 9.62. The average molecular weight is 440 g/mol. The minimum Gasteiger partial charge on any atom is -0.370 e. The van der Waals surface area contributed by atoms with E-state index < -0.39 is 35.8 Å². The summed E-state index contributed by atoms with van der Waals surface area (Å²) in [4.78, 5) is 41.7. The minimum atomic E-state index is -1.55. The predicted molar refractivity (Wildman–Crippen MR) is 117 cm³/mol. The molecule has 0 aliphatic heterocycles. The van der Waals surface area contributed by atoms with Gasteiger partial charge in [0.25, 0.3) is 11.9 Å². The molecular weight excluding hydrogens is 420 g/mol. The zero-order valence-corrected chi connectivity index (χ0v) is 16.5. The van der Waals surface area contributed by atoms with Gasteiger partial charge in [-0.15, -0.1) is 10.1 Å². The summed E-state index contributed by atoms with van der Waals surface area (Å²) in [6, 6.07) is 15.6. The van der Waals surface area contributed by atoms with Crippen LogP contribution in [0, 0.1) is 10.8 Å². The lowest BCUT2D eigenvalue weighted by molar-refractivity contribution is -0.167. The Bertz CT molecular complexity index is 962. The molecule has 0 heterocycles. The molecule has 2 aromatic carbocycles. The molecule has 0 aliphatic rings. The molecular formula is C18H20N10O4. The maximum Gasteiger partial charge on any atom is 0.444 e. The quantitative estimate of drug-likeness (QED) is 0.149. The smallest absolute Gasteiger partial charge is 0.370 e. The molecule has 0 atom stereocenters. The van der Waals surface area contributed by atoms with Crippen LogP contribution in [0.15, 0.2) is 70.6 Å². The molecule has 166 valence electrons. The molecule has 10 N–H and O–H groups in total. The second-order valence-corrected chi connectivity index (χ2v) is 5.74. The van der Waals surface area contributed by atoms with Crippen LogP contribution < -0.4 is 33.1 Å². The van der Waals surface area contributed by atoms with Crippen molar-refractivity contribution in [3.8, 4) is 0 Å². The maximum atomic E-state index is 12.4. The zero-order valence-electron chi connectivity index (χ0n) is 16.5. The number of para-hydroxylation sites is 2. The van der Waals surface area contributed by atoms with Gasteiger partial charge in [0.15, 0.2) is 11.9 Å². The molecule has 14 nitrogen and oxygen atoms in total. The predicted octanol–water partition coefficient (Wildman–Crippen LogP) is -0.668. The van der Waals surface area contributed by atoms with E-state index in [-0.39, 0.29) is 11.4 Å². The van der Waals surface area contributed by atoms with Gasteiger partial charge in [-0.3, -0.25) is 10.8 Å². The highest BCUT2D eigenvalue weighted by molar-refractivity contribution is 6.31. The largest absolute Gasteiger partial charge is 0.444 e. The second-order valence-electron chi connectivity index (χ2n) is 5.74. The molecule has 2 rings (SSSR count). The molecule has 2 aromatic rings. The van der Waals surface area contributed by atoms with Gasteiger partial charge in [0.1, 0.15) is 0 Å². The first-order valence-electron chi connectivity index (χ1n) is 8.70. The molecule has 0 aromatic heterocycles. The van der Waals surface area contributed by atoms with E-state index >= 15 is 0 Å². The lowest BCUT2D eigenvalue weighted by Gasteiger charge is -2.22. The Morgan fingerprint density at radius 3 is 1.25 bits per heavy atom. The zero-order chi connectivity index (χ0) is 23.7. The van der Waals surface area contributed by atoms with E-state index in [1.165, 1.54) is 24.3 Å². The number of benzene rings is 2. The Hall–Kier alpha value is -5.14. The molecule has 0 saturated carbocycles. The summed E-state index contributed by atoms with van der Waals surface area (Å²) < 4.78 is 0. The second kappa shape index (κ2) is 10.6. The number of aliphatic imine (C=N–C) groups is 2. The number of hydrogen-bond acceptors (Lipinski definition) is 6. The monoisotopic (exact) mass is 440 g/mol. The summed E-state index contributed by atoms with van der Waals surface area (Å²) in [5.41, 5.74) is 21.4. The lowest BCUT2D eigenvalue weighted by Crippen LogP contribution is -2.41. The lowest BCUT2D eigenvalue weighted by atomic mass is 10.3. The van der Waals surface area contributed by atoms with Gasteiger partial charge >= 0.3 is 11.9 Å². The van der Waals surface area contributed by atoms with Crippen LogP contribution in [0.5, 0.6) is 0 Å². The van der Waals surface area contributed by atoms with Crippen LogP contribution >= 0.6 is 0 Å². The van der Waals surface area contributed by atoms with Crippen LogP contribution in [0.1, 0.15) is 0 Å². The van der Waals surface area contributed by atoms with Gasteiger partial charge in [0.2, 0.25) is 0 Å². The number of hydroxylamine groups is 2. The van der Waals surface area contributed by atoms with E-state index in [0.29, 0.717) is 10.1 Å². The van der Waals surface area contributed by atoms with E-state index in [0.717, 1.165) is 0 Å². The van der Waals surface area contributed by atoms with Crippen molar-refractivity contribution < 1.29 is 19.3 Å². The summed E-state index contributed by atoms with van der Waals surface area (Å²) in [7, 11) is 0. The number of carbonyl (C=O) groups excluding carboxylic acids is 2. The first kappa shape index (κ1) is 23.1. The molecule has 0 saturated heterocycles. The SMILES string of the molecule is N=C(N=C(N)N)N(OC(=O)C(=O)ON(C(=N)N=C(N)N)c1ccccc1)c1ccccc1. The fraction of sp³-hybridized carbons (Fsp3) is 0.